The molecule has 2 N–H and O–H groups in total. The van der Waals surface area contributed by atoms with E-state index in [1.807, 2.05) is 18.2 Å². The first-order valence-electron chi connectivity index (χ1n) is 5.39. The van der Waals surface area contributed by atoms with E-state index >= 15 is 0 Å². The van der Waals surface area contributed by atoms with Crippen LogP contribution in [-0.4, -0.2) is 19.2 Å². The van der Waals surface area contributed by atoms with Crippen LogP contribution in [0.5, 0.6) is 5.75 Å². The molecule has 1 aliphatic heterocycles. The van der Waals surface area contributed by atoms with Gasteiger partial charge in [0, 0.05) is 11.3 Å². The molecular weight excluding hydrogens is 206 g/mol. The molecule has 0 saturated carbocycles. The zero-order chi connectivity index (χ0) is 11.5. The predicted molar refractivity (Wildman–Crippen MR) is 60.2 cm³/mol. The molecule has 0 spiro atoms. The van der Waals surface area contributed by atoms with Crippen molar-refractivity contribution in [2.75, 3.05) is 18.9 Å². The molecule has 0 amide bonds. The van der Waals surface area contributed by atoms with Gasteiger partial charge in [0.15, 0.2) is 0 Å². The highest BCUT2D eigenvalue weighted by atomic mass is 16.5. The zero-order valence-electron chi connectivity index (χ0n) is 9.23. The summed E-state index contributed by atoms with van der Waals surface area (Å²) in [6, 6.07) is 5.53. The number of fused-ring (bicyclic) bond motifs is 1. The van der Waals surface area contributed by atoms with Crippen LogP contribution in [0.3, 0.4) is 0 Å². The molecule has 0 bridgehead atoms. The second kappa shape index (κ2) is 4.43. The number of carbonyl (C=O) groups excluding carboxylic acids is 1. The molecule has 1 aromatic rings. The molecule has 86 valence electrons. The molecule has 2 rings (SSSR count). The van der Waals surface area contributed by atoms with Gasteiger partial charge in [0.1, 0.15) is 12.4 Å². The molecule has 1 heterocycles. The van der Waals surface area contributed by atoms with Gasteiger partial charge in [0.25, 0.3) is 0 Å². The normalized spacial score (nSPS) is 18.4. The number of esters is 1. The van der Waals surface area contributed by atoms with E-state index in [0.717, 1.165) is 11.3 Å². The molecule has 0 aromatic heterocycles. The third kappa shape index (κ3) is 1.96. The van der Waals surface area contributed by atoms with E-state index in [1.165, 1.54) is 0 Å². The number of nitrogen functional groups attached to an aromatic ring is 1. The first-order chi connectivity index (χ1) is 7.72. The molecule has 0 fully saturated rings. The zero-order valence-corrected chi connectivity index (χ0v) is 9.23. The highest BCUT2D eigenvalue weighted by molar-refractivity contribution is 5.74. The van der Waals surface area contributed by atoms with Crippen LogP contribution in [0.4, 0.5) is 5.69 Å². The van der Waals surface area contributed by atoms with E-state index < -0.39 is 0 Å². The van der Waals surface area contributed by atoms with E-state index in [9.17, 15) is 4.79 Å². The summed E-state index contributed by atoms with van der Waals surface area (Å²) >= 11 is 0. The van der Waals surface area contributed by atoms with Gasteiger partial charge in [-0.2, -0.15) is 0 Å². The maximum Gasteiger partial charge on any atom is 0.312 e. The number of anilines is 1. The number of nitrogens with two attached hydrogens (primary N) is 1. The monoisotopic (exact) mass is 221 g/mol. The van der Waals surface area contributed by atoms with Crippen molar-refractivity contribution in [2.45, 2.75) is 13.3 Å². The lowest BCUT2D eigenvalue weighted by molar-refractivity contribution is -0.149. The molecule has 1 atom stereocenters. The molecule has 0 aliphatic carbocycles. The van der Waals surface area contributed by atoms with Crippen LogP contribution in [0, 0.1) is 5.92 Å². The summed E-state index contributed by atoms with van der Waals surface area (Å²) in [5, 5.41) is 0. The quantitative estimate of drug-likeness (QED) is 0.605. The van der Waals surface area contributed by atoms with Crippen LogP contribution in [0.15, 0.2) is 18.2 Å². The molecule has 1 unspecified atom stereocenters. The van der Waals surface area contributed by atoms with Crippen molar-refractivity contribution in [3.63, 3.8) is 0 Å². The number of ether oxygens (including phenoxy) is 2. The topological polar surface area (TPSA) is 61.5 Å². The number of rotatable bonds is 2. The van der Waals surface area contributed by atoms with Crippen molar-refractivity contribution in [3.05, 3.63) is 23.8 Å². The second-order valence-corrected chi connectivity index (χ2v) is 3.79. The number of hydrogen-bond acceptors (Lipinski definition) is 4. The van der Waals surface area contributed by atoms with Crippen molar-refractivity contribution in [2.24, 2.45) is 5.92 Å². The largest absolute Gasteiger partial charge is 0.492 e. The molecule has 4 nitrogen and oxygen atoms in total. The van der Waals surface area contributed by atoms with Gasteiger partial charge in [0.05, 0.1) is 12.5 Å². The summed E-state index contributed by atoms with van der Waals surface area (Å²) in [6.07, 6.45) is 0.598. The average molecular weight is 221 g/mol. The van der Waals surface area contributed by atoms with Crippen LogP contribution in [0.1, 0.15) is 12.5 Å². The number of benzene rings is 1. The first kappa shape index (κ1) is 10.8. The minimum Gasteiger partial charge on any atom is -0.492 e. The molecule has 1 aromatic carbocycles. The Morgan fingerprint density at radius 2 is 2.44 bits per heavy atom. The van der Waals surface area contributed by atoms with Crippen LogP contribution >= 0.6 is 0 Å². The Balaban J connectivity index is 2.17. The standard InChI is InChI=1S/C12H15NO3/c1-2-15-12(14)8-6-9-10(13)4-3-5-11(9)16-7-8/h3-5,8H,2,6-7,13H2,1H3. The predicted octanol–water partition coefficient (Wildman–Crippen LogP) is 1.38. The SMILES string of the molecule is CCOC(=O)C1COc2cccc(N)c2C1. The summed E-state index contributed by atoms with van der Waals surface area (Å²) in [5.74, 6) is 0.328. The van der Waals surface area contributed by atoms with E-state index in [2.05, 4.69) is 0 Å². The van der Waals surface area contributed by atoms with E-state index in [0.29, 0.717) is 25.3 Å². The molecular formula is C12H15NO3. The third-order valence-electron chi connectivity index (χ3n) is 2.68. The van der Waals surface area contributed by atoms with Gasteiger partial charge in [-0.1, -0.05) is 6.07 Å². The summed E-state index contributed by atoms with van der Waals surface area (Å²) < 4.78 is 10.5. The van der Waals surface area contributed by atoms with Gasteiger partial charge >= 0.3 is 5.97 Å². The van der Waals surface area contributed by atoms with E-state index in [-0.39, 0.29) is 11.9 Å². The molecule has 0 radical (unpaired) electrons. The molecule has 16 heavy (non-hydrogen) atoms. The van der Waals surface area contributed by atoms with E-state index in [4.69, 9.17) is 15.2 Å². The Kier molecular flexibility index (Phi) is 2.99. The van der Waals surface area contributed by atoms with Gasteiger partial charge in [-0.05, 0) is 25.5 Å². The second-order valence-electron chi connectivity index (χ2n) is 3.79. The Morgan fingerprint density at radius 1 is 1.62 bits per heavy atom. The van der Waals surface area contributed by atoms with Crippen LogP contribution in [-0.2, 0) is 16.0 Å². The average Bonchev–Trinajstić information content (AvgIpc) is 2.29. The summed E-state index contributed by atoms with van der Waals surface area (Å²) in [7, 11) is 0. The van der Waals surface area contributed by atoms with Crippen LogP contribution in [0.25, 0.3) is 0 Å². The van der Waals surface area contributed by atoms with Gasteiger partial charge in [-0.3, -0.25) is 4.79 Å². The lowest BCUT2D eigenvalue weighted by Crippen LogP contribution is -2.30. The Labute approximate surface area is 94.3 Å². The molecule has 1 aliphatic rings. The Morgan fingerprint density at radius 3 is 3.19 bits per heavy atom. The van der Waals surface area contributed by atoms with Crippen LogP contribution < -0.4 is 10.5 Å². The first-order valence-corrected chi connectivity index (χ1v) is 5.39. The maximum atomic E-state index is 11.6. The highest BCUT2D eigenvalue weighted by Gasteiger charge is 2.28. The third-order valence-corrected chi connectivity index (χ3v) is 2.68. The van der Waals surface area contributed by atoms with Gasteiger partial charge < -0.3 is 15.2 Å². The molecule has 4 heteroatoms. The lowest BCUT2D eigenvalue weighted by Gasteiger charge is -2.24. The van der Waals surface area contributed by atoms with Gasteiger partial charge in [-0.15, -0.1) is 0 Å². The van der Waals surface area contributed by atoms with Crippen molar-refractivity contribution in [1.82, 2.24) is 0 Å². The lowest BCUT2D eigenvalue weighted by atomic mass is 9.95. The fraction of sp³-hybridized carbons (Fsp3) is 0.417. The summed E-state index contributed by atoms with van der Waals surface area (Å²) in [5.41, 5.74) is 7.43. The summed E-state index contributed by atoms with van der Waals surface area (Å²) in [4.78, 5) is 11.6. The maximum absolute atomic E-state index is 11.6. The Bertz CT molecular complexity index is 403. The minimum atomic E-state index is -0.239. The number of carbonyl (C=O) groups is 1. The van der Waals surface area contributed by atoms with E-state index in [1.54, 1.807) is 6.92 Å². The van der Waals surface area contributed by atoms with Crippen molar-refractivity contribution >= 4 is 11.7 Å². The summed E-state index contributed by atoms with van der Waals surface area (Å²) in [6.45, 7) is 2.56. The van der Waals surface area contributed by atoms with Gasteiger partial charge in [-0.25, -0.2) is 0 Å². The van der Waals surface area contributed by atoms with Gasteiger partial charge in [0.2, 0.25) is 0 Å². The van der Waals surface area contributed by atoms with Crippen molar-refractivity contribution in [3.8, 4) is 5.75 Å². The minimum absolute atomic E-state index is 0.212. The van der Waals surface area contributed by atoms with Crippen molar-refractivity contribution in [1.29, 1.82) is 0 Å². The Hall–Kier alpha value is -1.71. The van der Waals surface area contributed by atoms with Crippen LogP contribution in [0.2, 0.25) is 0 Å². The molecule has 0 saturated heterocycles. The fourth-order valence-corrected chi connectivity index (χ4v) is 1.84. The smallest absolute Gasteiger partial charge is 0.312 e. The number of hydrogen-bond donors (Lipinski definition) is 1. The van der Waals surface area contributed by atoms with Crippen molar-refractivity contribution < 1.29 is 14.3 Å². The highest BCUT2D eigenvalue weighted by Crippen LogP contribution is 2.31. The fourth-order valence-electron chi connectivity index (χ4n) is 1.84.